The van der Waals surface area contributed by atoms with Gasteiger partial charge in [0.1, 0.15) is 11.6 Å². The number of imidazole rings is 1. The molecule has 116 valence electrons. The second-order valence-electron chi connectivity index (χ2n) is 5.52. The largest absolute Gasteiger partial charge is 0.347 e. The molecule has 0 spiro atoms. The quantitative estimate of drug-likeness (QED) is 0.807. The fraction of sp³-hybridized carbons (Fsp3) is 0.188. The Morgan fingerprint density at radius 1 is 1.22 bits per heavy atom. The van der Waals surface area contributed by atoms with Gasteiger partial charge in [0.15, 0.2) is 11.3 Å². The van der Waals surface area contributed by atoms with Gasteiger partial charge >= 0.3 is 0 Å². The van der Waals surface area contributed by atoms with Gasteiger partial charge in [-0.15, -0.1) is 0 Å². The molecule has 0 unspecified atom stereocenters. The first-order chi connectivity index (χ1) is 11.1. The number of nitrogens with one attached hydrogen (secondary N) is 1. The molecule has 2 atom stereocenters. The van der Waals surface area contributed by atoms with Crippen LogP contribution >= 0.6 is 0 Å². The van der Waals surface area contributed by atoms with Crippen LogP contribution in [0.2, 0.25) is 0 Å². The molecule has 1 aromatic carbocycles. The van der Waals surface area contributed by atoms with E-state index in [1.165, 1.54) is 18.3 Å². The molecule has 7 heteroatoms. The zero-order chi connectivity index (χ0) is 16.0. The van der Waals surface area contributed by atoms with E-state index in [0.29, 0.717) is 17.6 Å². The van der Waals surface area contributed by atoms with Gasteiger partial charge in [-0.05, 0) is 18.1 Å². The summed E-state index contributed by atoms with van der Waals surface area (Å²) in [6.07, 6.45) is 7.15. The minimum absolute atomic E-state index is 0.140. The fourth-order valence-corrected chi connectivity index (χ4v) is 2.75. The fourth-order valence-electron chi connectivity index (χ4n) is 2.75. The van der Waals surface area contributed by atoms with Crippen LogP contribution in [0.1, 0.15) is 28.4 Å². The Balaban J connectivity index is 1.51. The summed E-state index contributed by atoms with van der Waals surface area (Å²) in [5.41, 5.74) is 1.11. The van der Waals surface area contributed by atoms with E-state index < -0.39 is 11.6 Å². The monoisotopic (exact) mass is 314 g/mol. The second-order valence-corrected chi connectivity index (χ2v) is 5.52. The molecule has 0 radical (unpaired) electrons. The van der Waals surface area contributed by atoms with Crippen molar-refractivity contribution in [3.05, 3.63) is 65.9 Å². The van der Waals surface area contributed by atoms with Gasteiger partial charge < -0.3 is 9.72 Å². The number of carbonyl (C=O) groups excluding carboxylic acids is 1. The number of rotatable bonds is 3. The Morgan fingerprint density at radius 2 is 2.00 bits per heavy atom. The molecule has 1 aliphatic carbocycles. The van der Waals surface area contributed by atoms with Crippen LogP contribution in [0.3, 0.4) is 0 Å². The number of hydrogen-bond acceptors (Lipinski definition) is 3. The van der Waals surface area contributed by atoms with Gasteiger partial charge in [0.05, 0.1) is 0 Å². The molecule has 1 aliphatic rings. The van der Waals surface area contributed by atoms with Gasteiger partial charge in [-0.1, -0.05) is 6.07 Å². The van der Waals surface area contributed by atoms with Crippen molar-refractivity contribution in [1.82, 2.24) is 19.7 Å². The Bertz CT molecular complexity index is 908. The van der Waals surface area contributed by atoms with E-state index in [9.17, 15) is 13.6 Å². The highest BCUT2D eigenvalue weighted by Gasteiger charge is 2.41. The number of hydrogen-bond donors (Lipinski definition) is 1. The van der Waals surface area contributed by atoms with Crippen LogP contribution < -0.4 is 5.32 Å². The second kappa shape index (κ2) is 5.12. The lowest BCUT2D eigenvalue weighted by atomic mass is 10.1. The van der Waals surface area contributed by atoms with Crippen molar-refractivity contribution in [3.8, 4) is 0 Å². The molecular formula is C16H12F2N4O. The van der Waals surface area contributed by atoms with Gasteiger partial charge in [0.25, 0.3) is 5.91 Å². The average molecular weight is 314 g/mol. The van der Waals surface area contributed by atoms with E-state index in [1.807, 2.05) is 0 Å². The zero-order valence-electron chi connectivity index (χ0n) is 11.9. The molecule has 3 aromatic rings. The number of aromatic nitrogens is 3. The lowest BCUT2D eigenvalue weighted by Gasteiger charge is -2.06. The number of fused-ring (bicyclic) bond motifs is 1. The van der Waals surface area contributed by atoms with Crippen LogP contribution in [0.25, 0.3) is 5.65 Å². The molecular weight excluding hydrogens is 302 g/mol. The van der Waals surface area contributed by atoms with Crippen molar-refractivity contribution in [1.29, 1.82) is 0 Å². The lowest BCUT2D eigenvalue weighted by Crippen LogP contribution is -2.28. The Kier molecular flexibility index (Phi) is 3.07. The van der Waals surface area contributed by atoms with Gasteiger partial charge in [-0.2, -0.15) is 0 Å². The van der Waals surface area contributed by atoms with E-state index in [0.717, 1.165) is 6.07 Å². The van der Waals surface area contributed by atoms with Crippen LogP contribution in [0, 0.1) is 11.6 Å². The van der Waals surface area contributed by atoms with E-state index in [-0.39, 0.29) is 23.6 Å². The number of halogens is 2. The highest BCUT2D eigenvalue weighted by Crippen LogP contribution is 2.42. The van der Waals surface area contributed by atoms with Gasteiger partial charge in [-0.25, -0.2) is 18.7 Å². The summed E-state index contributed by atoms with van der Waals surface area (Å²) in [4.78, 5) is 20.5. The van der Waals surface area contributed by atoms with Gasteiger partial charge in [-0.3, -0.25) is 4.79 Å². The topological polar surface area (TPSA) is 59.3 Å². The van der Waals surface area contributed by atoms with Crippen LogP contribution in [0.5, 0.6) is 0 Å². The molecule has 5 nitrogen and oxygen atoms in total. The molecule has 0 bridgehead atoms. The summed E-state index contributed by atoms with van der Waals surface area (Å²) in [5.74, 6) is -1.68. The van der Waals surface area contributed by atoms with Crippen molar-refractivity contribution < 1.29 is 13.6 Å². The third-order valence-electron chi connectivity index (χ3n) is 4.00. The zero-order valence-corrected chi connectivity index (χ0v) is 11.9. The van der Waals surface area contributed by atoms with Crippen LogP contribution in [-0.4, -0.2) is 26.3 Å². The molecule has 1 amide bonds. The first kappa shape index (κ1) is 13.8. The molecule has 2 aromatic heterocycles. The van der Waals surface area contributed by atoms with Crippen LogP contribution in [0.15, 0.2) is 43.0 Å². The molecule has 4 rings (SSSR count). The van der Waals surface area contributed by atoms with Gasteiger partial charge in [0, 0.05) is 42.8 Å². The first-order valence-corrected chi connectivity index (χ1v) is 7.17. The van der Waals surface area contributed by atoms with Crippen molar-refractivity contribution >= 4 is 11.6 Å². The third kappa shape index (κ3) is 2.44. The maximum absolute atomic E-state index is 13.8. The number of amides is 1. The predicted octanol–water partition coefficient (Wildman–Crippen LogP) is 2.29. The first-order valence-electron chi connectivity index (χ1n) is 7.17. The molecule has 2 heterocycles. The molecule has 1 N–H and O–H groups in total. The van der Waals surface area contributed by atoms with Crippen molar-refractivity contribution in [2.75, 3.05) is 0 Å². The minimum Gasteiger partial charge on any atom is -0.347 e. The summed E-state index contributed by atoms with van der Waals surface area (Å²) in [6, 6.07) is 3.33. The van der Waals surface area contributed by atoms with Crippen molar-refractivity contribution in [2.24, 2.45) is 0 Å². The molecule has 1 fully saturated rings. The highest BCUT2D eigenvalue weighted by molar-refractivity contribution is 5.98. The van der Waals surface area contributed by atoms with E-state index >= 15 is 0 Å². The van der Waals surface area contributed by atoms with Crippen molar-refractivity contribution in [3.63, 3.8) is 0 Å². The molecule has 23 heavy (non-hydrogen) atoms. The molecule has 0 saturated heterocycles. The lowest BCUT2D eigenvalue weighted by molar-refractivity contribution is 0.0946. The van der Waals surface area contributed by atoms with Crippen LogP contribution in [-0.2, 0) is 0 Å². The van der Waals surface area contributed by atoms with E-state index in [2.05, 4.69) is 15.3 Å². The Labute approximate surface area is 130 Å². The van der Waals surface area contributed by atoms with Gasteiger partial charge in [0.2, 0.25) is 0 Å². The Hall–Kier alpha value is -2.83. The summed E-state index contributed by atoms with van der Waals surface area (Å²) < 4.78 is 28.4. The summed E-state index contributed by atoms with van der Waals surface area (Å²) in [7, 11) is 0. The summed E-state index contributed by atoms with van der Waals surface area (Å²) >= 11 is 0. The number of carbonyl (C=O) groups is 1. The summed E-state index contributed by atoms with van der Waals surface area (Å²) in [6.45, 7) is 0. The maximum Gasteiger partial charge on any atom is 0.273 e. The normalized spacial score (nSPS) is 19.7. The minimum atomic E-state index is -0.609. The predicted molar refractivity (Wildman–Crippen MR) is 78.0 cm³/mol. The summed E-state index contributed by atoms with van der Waals surface area (Å²) in [5, 5.41) is 2.83. The smallest absolute Gasteiger partial charge is 0.273 e. The van der Waals surface area contributed by atoms with Crippen LogP contribution in [0.4, 0.5) is 8.78 Å². The third-order valence-corrected chi connectivity index (χ3v) is 4.00. The highest BCUT2D eigenvalue weighted by atomic mass is 19.1. The SMILES string of the molecule is O=C(N[C@@H]1C[C@@H]1c1ccc(F)cc1F)c1nccn2ccnc12. The number of nitrogens with zero attached hydrogens (tertiary/aromatic N) is 3. The maximum atomic E-state index is 13.8. The van der Waals surface area contributed by atoms with E-state index in [1.54, 1.807) is 23.0 Å². The van der Waals surface area contributed by atoms with Crippen molar-refractivity contribution in [2.45, 2.75) is 18.4 Å². The molecule has 1 saturated carbocycles. The standard InChI is InChI=1S/C16H12F2N4O/c17-9-1-2-10(12(18)7-9)11-8-13(11)21-16(23)14-15-20-4-6-22(15)5-3-19-14/h1-7,11,13H,8H2,(H,21,23)/t11-,13-/m1/s1. The molecule has 0 aliphatic heterocycles. The average Bonchev–Trinajstić information content (AvgIpc) is 3.09. The number of benzene rings is 1. The Morgan fingerprint density at radius 3 is 2.78 bits per heavy atom. The van der Waals surface area contributed by atoms with E-state index in [4.69, 9.17) is 0 Å².